The van der Waals surface area contributed by atoms with Gasteiger partial charge in [-0.25, -0.2) is 8.96 Å². The lowest BCUT2D eigenvalue weighted by Gasteiger charge is -2.09. The number of aromatic nitrogens is 1. The highest BCUT2D eigenvalue weighted by molar-refractivity contribution is 6.13. The fourth-order valence-corrected chi connectivity index (χ4v) is 6.19. The Morgan fingerprint density at radius 1 is 0.591 bits per heavy atom. The molecule has 0 N–H and O–H groups in total. The third-order valence-electron chi connectivity index (χ3n) is 8.84. The Labute approximate surface area is 258 Å². The topological polar surface area (TPSA) is 17.0 Å². The zero-order chi connectivity index (χ0) is 30.5. The van der Waals surface area contributed by atoms with Gasteiger partial charge in [-0.05, 0) is 70.8 Å². The van der Waals surface area contributed by atoms with Crippen molar-refractivity contribution in [2.75, 3.05) is 0 Å². The molecule has 0 bridgehead atoms. The highest BCUT2D eigenvalue weighted by Crippen LogP contribution is 2.42. The van der Waals surface area contributed by atoms with Gasteiger partial charge in [0.15, 0.2) is 6.20 Å². The Morgan fingerprint density at radius 3 is 1.66 bits per heavy atom. The maximum Gasteiger partial charge on any atom is 0.216 e. The van der Waals surface area contributed by atoms with E-state index in [2.05, 4.69) is 130 Å². The van der Waals surface area contributed by atoms with Crippen molar-refractivity contribution >= 4 is 21.9 Å². The minimum Gasteiger partial charge on any atom is -0.454 e. The lowest BCUT2D eigenvalue weighted by molar-refractivity contribution is -0.660. The van der Waals surface area contributed by atoms with E-state index in [1.807, 2.05) is 18.2 Å². The Balaban J connectivity index is 1.31. The predicted molar refractivity (Wildman–Crippen MR) is 180 cm³/mol. The first-order valence-electron chi connectivity index (χ1n) is 15.2. The van der Waals surface area contributed by atoms with Crippen LogP contribution in [0.15, 0.2) is 120 Å². The Bertz CT molecular complexity index is 2150. The minimum absolute atomic E-state index is 0.294. The van der Waals surface area contributed by atoms with Crippen molar-refractivity contribution in [3.05, 3.63) is 138 Å². The van der Waals surface area contributed by atoms with Gasteiger partial charge in [0.1, 0.15) is 24.0 Å². The number of benzene rings is 5. The first-order valence-corrected chi connectivity index (χ1v) is 15.2. The fourth-order valence-electron chi connectivity index (χ4n) is 6.19. The molecule has 0 aliphatic heterocycles. The largest absolute Gasteiger partial charge is 0.454 e. The van der Waals surface area contributed by atoms with E-state index in [0.29, 0.717) is 17.1 Å². The van der Waals surface area contributed by atoms with Crippen LogP contribution in [0.1, 0.15) is 36.5 Å². The van der Waals surface area contributed by atoms with E-state index < -0.39 is 0 Å². The van der Waals surface area contributed by atoms with Crippen molar-refractivity contribution in [1.29, 1.82) is 0 Å². The van der Waals surface area contributed by atoms with Gasteiger partial charge in [-0.3, -0.25) is 0 Å². The van der Waals surface area contributed by atoms with Crippen molar-refractivity contribution in [1.82, 2.24) is 0 Å². The molecule has 0 atom stereocenters. The van der Waals surface area contributed by atoms with Gasteiger partial charge in [-0.1, -0.05) is 104 Å². The number of rotatable bonds is 5. The average Bonchev–Trinajstić information content (AvgIpc) is 3.40. The normalized spacial score (nSPS) is 11.6. The van der Waals surface area contributed by atoms with Crippen LogP contribution in [0.25, 0.3) is 66.6 Å². The third kappa shape index (κ3) is 4.79. The van der Waals surface area contributed by atoms with Crippen LogP contribution in [-0.4, -0.2) is 0 Å². The zero-order valence-electron chi connectivity index (χ0n) is 25.8. The van der Waals surface area contributed by atoms with E-state index in [4.69, 9.17) is 4.42 Å². The number of aryl methyl sites for hydroxylation is 3. The molecule has 0 saturated carbocycles. The van der Waals surface area contributed by atoms with E-state index in [1.165, 1.54) is 22.3 Å². The molecule has 3 heteroatoms. The standard InChI is InChI=1S/C41H35FNO/c1-25(2)33-22-23-43(5)37(24-33)38-27(4)8-19-34-35-20-21-36(42)39(41(35)44-40(34)38)32-17-15-31(16-18-32)30-13-11-29(12-14-30)28-9-6-26(3)7-10-28/h6-25H,1-5H3/q+1. The highest BCUT2D eigenvalue weighted by atomic mass is 19.1. The first-order chi connectivity index (χ1) is 21.3. The van der Waals surface area contributed by atoms with Gasteiger partial charge in [0.05, 0.1) is 11.1 Å². The molecule has 0 aliphatic rings. The molecule has 7 aromatic rings. The molecule has 0 amide bonds. The SMILES string of the molecule is Cc1ccc(-c2ccc(-c3ccc(-c4c(F)ccc5c4oc4c(-c6cc(C(C)C)cc[n+]6C)c(C)ccc45)cc3)cc2)cc1. The number of pyridine rings is 1. The van der Waals surface area contributed by atoms with Gasteiger partial charge in [0, 0.05) is 22.9 Å². The summed E-state index contributed by atoms with van der Waals surface area (Å²) in [5.74, 6) is 0.109. The quantitative estimate of drug-likeness (QED) is 0.186. The Hall–Kier alpha value is -5.02. The molecule has 216 valence electrons. The maximum absolute atomic E-state index is 15.6. The summed E-state index contributed by atoms with van der Waals surface area (Å²) in [6, 6.07) is 37.3. The molecule has 2 nitrogen and oxygen atoms in total. The summed E-state index contributed by atoms with van der Waals surface area (Å²) in [7, 11) is 2.06. The van der Waals surface area contributed by atoms with E-state index in [0.717, 1.165) is 49.9 Å². The van der Waals surface area contributed by atoms with Crippen LogP contribution in [0.3, 0.4) is 0 Å². The molecule has 5 aromatic carbocycles. The molecule has 7 rings (SSSR count). The molecule has 0 unspecified atom stereocenters. The van der Waals surface area contributed by atoms with Crippen LogP contribution in [0.4, 0.5) is 4.39 Å². The van der Waals surface area contributed by atoms with Gasteiger partial charge in [0.2, 0.25) is 5.69 Å². The molecule has 0 radical (unpaired) electrons. The Kier molecular flexibility index (Phi) is 6.89. The minimum atomic E-state index is -0.294. The van der Waals surface area contributed by atoms with Crippen LogP contribution in [0.5, 0.6) is 0 Å². The van der Waals surface area contributed by atoms with Crippen LogP contribution in [0.2, 0.25) is 0 Å². The van der Waals surface area contributed by atoms with Crippen molar-refractivity contribution in [3.63, 3.8) is 0 Å². The summed E-state index contributed by atoms with van der Waals surface area (Å²) in [5.41, 5.74) is 13.0. The van der Waals surface area contributed by atoms with Gasteiger partial charge in [0.25, 0.3) is 0 Å². The summed E-state index contributed by atoms with van der Waals surface area (Å²) in [6.07, 6.45) is 2.11. The van der Waals surface area contributed by atoms with Crippen molar-refractivity contribution in [2.24, 2.45) is 7.05 Å². The summed E-state index contributed by atoms with van der Waals surface area (Å²) in [5, 5.41) is 1.90. The number of hydrogen-bond acceptors (Lipinski definition) is 1. The molecular weight excluding hydrogens is 541 g/mol. The molecule has 44 heavy (non-hydrogen) atoms. The number of halogens is 1. The van der Waals surface area contributed by atoms with E-state index >= 15 is 4.39 Å². The lowest BCUT2D eigenvalue weighted by atomic mass is 9.96. The number of hydrogen-bond donors (Lipinski definition) is 0. The molecule has 0 spiro atoms. The second-order valence-electron chi connectivity index (χ2n) is 12.2. The first kappa shape index (κ1) is 27.8. The molecule has 0 aliphatic carbocycles. The number of nitrogens with zero attached hydrogens (tertiary/aromatic N) is 1. The molecular formula is C41H35FNO+. The second-order valence-corrected chi connectivity index (χ2v) is 12.2. The zero-order valence-corrected chi connectivity index (χ0v) is 25.8. The van der Waals surface area contributed by atoms with E-state index in [1.54, 1.807) is 6.07 Å². The van der Waals surface area contributed by atoms with Crippen LogP contribution in [0, 0.1) is 19.7 Å². The van der Waals surface area contributed by atoms with Crippen LogP contribution >= 0.6 is 0 Å². The second kappa shape index (κ2) is 10.9. The van der Waals surface area contributed by atoms with E-state index in [9.17, 15) is 0 Å². The monoisotopic (exact) mass is 576 g/mol. The summed E-state index contributed by atoms with van der Waals surface area (Å²) in [4.78, 5) is 0. The average molecular weight is 577 g/mol. The number of fused-ring (bicyclic) bond motifs is 3. The fraction of sp³-hybridized carbons (Fsp3) is 0.146. The smallest absolute Gasteiger partial charge is 0.216 e. The van der Waals surface area contributed by atoms with Crippen molar-refractivity contribution in [2.45, 2.75) is 33.6 Å². The summed E-state index contributed by atoms with van der Waals surface area (Å²) < 4.78 is 24.4. The molecule has 0 saturated heterocycles. The van der Waals surface area contributed by atoms with Crippen LogP contribution in [-0.2, 0) is 7.05 Å². The molecule has 2 heterocycles. The third-order valence-corrected chi connectivity index (χ3v) is 8.84. The Morgan fingerprint density at radius 2 is 1.09 bits per heavy atom. The molecule has 0 fully saturated rings. The van der Waals surface area contributed by atoms with Gasteiger partial charge < -0.3 is 4.42 Å². The number of furan rings is 1. The summed E-state index contributed by atoms with van der Waals surface area (Å²) >= 11 is 0. The summed E-state index contributed by atoms with van der Waals surface area (Å²) in [6.45, 7) is 8.61. The van der Waals surface area contributed by atoms with Gasteiger partial charge in [-0.2, -0.15) is 0 Å². The highest BCUT2D eigenvalue weighted by Gasteiger charge is 2.24. The van der Waals surface area contributed by atoms with E-state index in [-0.39, 0.29) is 5.82 Å². The van der Waals surface area contributed by atoms with Gasteiger partial charge >= 0.3 is 0 Å². The van der Waals surface area contributed by atoms with Crippen molar-refractivity contribution < 1.29 is 13.4 Å². The maximum atomic E-state index is 15.6. The van der Waals surface area contributed by atoms with Gasteiger partial charge in [-0.15, -0.1) is 0 Å². The van der Waals surface area contributed by atoms with Crippen molar-refractivity contribution in [3.8, 4) is 44.6 Å². The van der Waals surface area contributed by atoms with Crippen LogP contribution < -0.4 is 4.57 Å². The lowest BCUT2D eigenvalue weighted by Crippen LogP contribution is -2.31. The molecule has 2 aromatic heterocycles. The predicted octanol–water partition coefficient (Wildman–Crippen LogP) is 11.0.